The fraction of sp³-hybridized carbons (Fsp3) is 0.231. The molecule has 13 heavy (non-hydrogen) atoms. The van der Waals surface area contributed by atoms with Crippen molar-refractivity contribution in [3.05, 3.63) is 53.6 Å². The van der Waals surface area contributed by atoms with Gasteiger partial charge in [-0.05, 0) is 31.9 Å². The molecule has 0 amide bonds. The highest BCUT2D eigenvalue weighted by atomic mass is 14.0. The minimum Gasteiger partial charge on any atom is -0.0798 e. The molecule has 0 aliphatic rings. The summed E-state index contributed by atoms with van der Waals surface area (Å²) in [5.41, 5.74) is 3.91. The Morgan fingerprint density at radius 2 is 1.69 bits per heavy atom. The summed E-state index contributed by atoms with van der Waals surface area (Å²) in [6, 6.07) is 10.4. The molecule has 0 nitrogen and oxygen atoms in total. The fourth-order valence-corrected chi connectivity index (χ4v) is 1.27. The van der Waals surface area contributed by atoms with Crippen LogP contribution in [0.2, 0.25) is 0 Å². The van der Waals surface area contributed by atoms with E-state index in [1.54, 1.807) is 0 Å². The molecule has 0 radical (unpaired) electrons. The molecule has 0 unspecified atom stereocenters. The van der Waals surface area contributed by atoms with Crippen molar-refractivity contribution in [1.29, 1.82) is 0 Å². The van der Waals surface area contributed by atoms with E-state index in [0.717, 1.165) is 0 Å². The first kappa shape index (κ1) is 9.79. The van der Waals surface area contributed by atoms with Crippen molar-refractivity contribution in [1.82, 2.24) is 0 Å². The van der Waals surface area contributed by atoms with Crippen molar-refractivity contribution in [2.75, 3.05) is 0 Å². The highest BCUT2D eigenvalue weighted by molar-refractivity contribution is 5.74. The molecule has 0 saturated carbocycles. The number of benzene rings is 1. The first-order chi connectivity index (χ1) is 6.24. The Morgan fingerprint density at radius 3 is 2.15 bits per heavy atom. The van der Waals surface area contributed by atoms with Crippen molar-refractivity contribution in [2.24, 2.45) is 0 Å². The molecule has 0 saturated heterocycles. The molecule has 0 heterocycles. The highest BCUT2D eigenvalue weighted by Gasteiger charge is 1.94. The van der Waals surface area contributed by atoms with E-state index in [-0.39, 0.29) is 0 Å². The van der Waals surface area contributed by atoms with E-state index in [1.165, 1.54) is 16.7 Å². The van der Waals surface area contributed by atoms with Gasteiger partial charge in [-0.3, -0.25) is 0 Å². The number of hydrogen-bond donors (Lipinski definition) is 0. The van der Waals surface area contributed by atoms with Gasteiger partial charge in [-0.25, -0.2) is 0 Å². The summed E-state index contributed by atoms with van der Waals surface area (Å²) in [4.78, 5) is 0. The lowest BCUT2D eigenvalue weighted by Crippen LogP contribution is -1.79. The SMILES string of the molecule is CC=C(C=C(C)C)c1ccccc1. The molecule has 1 rings (SSSR count). The van der Waals surface area contributed by atoms with E-state index in [9.17, 15) is 0 Å². The Kier molecular flexibility index (Phi) is 3.51. The zero-order valence-electron chi connectivity index (χ0n) is 8.54. The maximum Gasteiger partial charge on any atom is -0.0187 e. The van der Waals surface area contributed by atoms with Gasteiger partial charge in [0, 0.05) is 0 Å². The van der Waals surface area contributed by atoms with Crippen molar-refractivity contribution < 1.29 is 0 Å². The van der Waals surface area contributed by atoms with Crippen LogP contribution in [-0.4, -0.2) is 0 Å². The smallest absolute Gasteiger partial charge is 0.0187 e. The van der Waals surface area contributed by atoms with E-state index in [0.29, 0.717) is 0 Å². The second kappa shape index (κ2) is 4.66. The molecule has 0 heteroatoms. The molecular weight excluding hydrogens is 156 g/mol. The molecule has 0 aliphatic heterocycles. The fourth-order valence-electron chi connectivity index (χ4n) is 1.27. The molecule has 0 atom stereocenters. The maximum absolute atomic E-state index is 2.20. The van der Waals surface area contributed by atoms with Gasteiger partial charge < -0.3 is 0 Å². The first-order valence-corrected chi connectivity index (χ1v) is 4.60. The van der Waals surface area contributed by atoms with Crippen LogP contribution in [0.5, 0.6) is 0 Å². The molecule has 0 fully saturated rings. The monoisotopic (exact) mass is 172 g/mol. The van der Waals surface area contributed by atoms with Crippen LogP contribution in [0, 0.1) is 0 Å². The van der Waals surface area contributed by atoms with Crippen molar-refractivity contribution >= 4 is 5.57 Å². The normalized spacial score (nSPS) is 11.2. The van der Waals surface area contributed by atoms with Crippen molar-refractivity contribution in [3.8, 4) is 0 Å². The second-order valence-electron chi connectivity index (χ2n) is 3.33. The number of hydrogen-bond acceptors (Lipinski definition) is 0. The van der Waals surface area contributed by atoms with Gasteiger partial charge in [0.15, 0.2) is 0 Å². The minimum atomic E-state index is 1.28. The van der Waals surface area contributed by atoms with Crippen molar-refractivity contribution in [2.45, 2.75) is 20.8 Å². The standard InChI is InChI=1S/C13H16/c1-4-12(10-11(2)3)13-8-6-5-7-9-13/h4-10H,1-3H3. The van der Waals surface area contributed by atoms with Gasteiger partial charge >= 0.3 is 0 Å². The first-order valence-electron chi connectivity index (χ1n) is 4.60. The summed E-state index contributed by atoms with van der Waals surface area (Å²) in [7, 11) is 0. The van der Waals surface area contributed by atoms with Gasteiger partial charge in [0.05, 0.1) is 0 Å². The van der Waals surface area contributed by atoms with E-state index in [1.807, 2.05) is 6.07 Å². The largest absolute Gasteiger partial charge is 0.0798 e. The van der Waals surface area contributed by atoms with Gasteiger partial charge in [0.25, 0.3) is 0 Å². The van der Waals surface area contributed by atoms with Crippen LogP contribution in [0.3, 0.4) is 0 Å². The predicted molar refractivity (Wildman–Crippen MR) is 59.5 cm³/mol. The van der Waals surface area contributed by atoms with E-state index < -0.39 is 0 Å². The third-order valence-electron chi connectivity index (χ3n) is 1.86. The molecule has 1 aromatic rings. The van der Waals surface area contributed by atoms with Crippen LogP contribution >= 0.6 is 0 Å². The lowest BCUT2D eigenvalue weighted by molar-refractivity contribution is 1.39. The average Bonchev–Trinajstić information content (AvgIpc) is 2.15. The van der Waals surface area contributed by atoms with Gasteiger partial charge in [-0.1, -0.05) is 48.1 Å². The topological polar surface area (TPSA) is 0 Å². The zero-order chi connectivity index (χ0) is 9.68. The Balaban J connectivity index is 3.00. The molecule has 0 bridgehead atoms. The summed E-state index contributed by atoms with van der Waals surface area (Å²) in [5.74, 6) is 0. The summed E-state index contributed by atoms with van der Waals surface area (Å²) < 4.78 is 0. The Bertz CT molecular complexity index is 311. The Hall–Kier alpha value is -1.30. The van der Waals surface area contributed by atoms with E-state index >= 15 is 0 Å². The molecule has 0 N–H and O–H groups in total. The molecule has 1 aromatic carbocycles. The summed E-state index contributed by atoms with van der Waals surface area (Å²) in [6.07, 6.45) is 4.34. The summed E-state index contributed by atoms with van der Waals surface area (Å²) in [6.45, 7) is 6.31. The summed E-state index contributed by atoms with van der Waals surface area (Å²) in [5, 5.41) is 0. The molecule has 0 aromatic heterocycles. The number of rotatable bonds is 2. The Labute approximate surface area is 80.6 Å². The molecular formula is C13H16. The van der Waals surface area contributed by atoms with Gasteiger partial charge in [-0.15, -0.1) is 0 Å². The molecule has 0 aliphatic carbocycles. The van der Waals surface area contributed by atoms with Crippen molar-refractivity contribution in [3.63, 3.8) is 0 Å². The third kappa shape index (κ3) is 2.90. The van der Waals surface area contributed by atoms with Crippen LogP contribution in [0.1, 0.15) is 26.3 Å². The minimum absolute atomic E-state index is 1.28. The van der Waals surface area contributed by atoms with E-state index in [2.05, 4.69) is 57.2 Å². The van der Waals surface area contributed by atoms with Crippen LogP contribution in [-0.2, 0) is 0 Å². The van der Waals surface area contributed by atoms with Crippen LogP contribution in [0.15, 0.2) is 48.1 Å². The average molecular weight is 172 g/mol. The number of allylic oxidation sites excluding steroid dienone is 4. The van der Waals surface area contributed by atoms with Crippen LogP contribution < -0.4 is 0 Å². The van der Waals surface area contributed by atoms with Gasteiger partial charge in [-0.2, -0.15) is 0 Å². The zero-order valence-corrected chi connectivity index (χ0v) is 8.54. The van der Waals surface area contributed by atoms with E-state index in [4.69, 9.17) is 0 Å². The quantitative estimate of drug-likeness (QED) is 0.590. The lowest BCUT2D eigenvalue weighted by atomic mass is 10.0. The summed E-state index contributed by atoms with van der Waals surface area (Å²) >= 11 is 0. The van der Waals surface area contributed by atoms with Gasteiger partial charge in [0.2, 0.25) is 0 Å². The van der Waals surface area contributed by atoms with Crippen LogP contribution in [0.4, 0.5) is 0 Å². The molecule has 0 spiro atoms. The molecule has 68 valence electrons. The second-order valence-corrected chi connectivity index (χ2v) is 3.33. The highest BCUT2D eigenvalue weighted by Crippen LogP contribution is 2.16. The Morgan fingerprint density at radius 1 is 1.08 bits per heavy atom. The predicted octanol–water partition coefficient (Wildman–Crippen LogP) is 4.06. The lowest BCUT2D eigenvalue weighted by Gasteiger charge is -2.01. The maximum atomic E-state index is 2.20. The third-order valence-corrected chi connectivity index (χ3v) is 1.86. The van der Waals surface area contributed by atoms with Crippen LogP contribution in [0.25, 0.3) is 5.57 Å². The van der Waals surface area contributed by atoms with Gasteiger partial charge in [0.1, 0.15) is 0 Å².